The molecule has 2 heterocycles. The third kappa shape index (κ3) is 4.74. The zero-order valence-corrected chi connectivity index (χ0v) is 15.6. The Morgan fingerprint density at radius 1 is 1.11 bits per heavy atom. The van der Waals surface area contributed by atoms with Crippen molar-refractivity contribution in [1.82, 2.24) is 19.4 Å². The zero-order chi connectivity index (χ0) is 19.2. The zero-order valence-electron chi connectivity index (χ0n) is 15.6. The summed E-state index contributed by atoms with van der Waals surface area (Å²) in [6.07, 6.45) is 3.37. The lowest BCUT2D eigenvalue weighted by atomic mass is 9.97. The Morgan fingerprint density at radius 2 is 1.81 bits per heavy atom. The standard InChI is InChI=1S/C20H26N4O3/c1-21-13-16-7-10-22(11-8-16)19(26)15-24-18(25)9-12-23(20(24)27)14-17-5-3-2-4-6-17/h2-6,9,12,16,21H,7-8,10-11,13-15H2,1H3. The Bertz CT molecular complexity index is 880. The summed E-state index contributed by atoms with van der Waals surface area (Å²) in [6, 6.07) is 10.9. The summed E-state index contributed by atoms with van der Waals surface area (Å²) in [5.41, 5.74) is 0.0650. The Hall–Kier alpha value is -2.67. The van der Waals surface area contributed by atoms with Crippen molar-refractivity contribution in [1.29, 1.82) is 0 Å². The predicted octanol–water partition coefficient (Wildman–Crippen LogP) is 0.516. The van der Waals surface area contributed by atoms with Gasteiger partial charge in [-0.3, -0.25) is 18.7 Å². The van der Waals surface area contributed by atoms with Gasteiger partial charge in [-0.05, 0) is 37.9 Å². The lowest BCUT2D eigenvalue weighted by Crippen LogP contribution is -2.46. The quantitative estimate of drug-likeness (QED) is 0.804. The van der Waals surface area contributed by atoms with Crippen LogP contribution in [0.4, 0.5) is 0 Å². The van der Waals surface area contributed by atoms with Crippen molar-refractivity contribution < 1.29 is 4.79 Å². The maximum atomic E-state index is 12.7. The molecule has 2 aromatic rings. The van der Waals surface area contributed by atoms with Crippen LogP contribution in [0.5, 0.6) is 0 Å². The van der Waals surface area contributed by atoms with Crippen molar-refractivity contribution >= 4 is 5.91 Å². The summed E-state index contributed by atoms with van der Waals surface area (Å²) in [4.78, 5) is 39.2. The molecule has 1 aliphatic rings. The van der Waals surface area contributed by atoms with E-state index in [1.807, 2.05) is 37.4 Å². The molecule has 0 bridgehead atoms. The molecule has 3 rings (SSSR count). The average Bonchev–Trinajstić information content (AvgIpc) is 2.69. The average molecular weight is 370 g/mol. The van der Waals surface area contributed by atoms with Crippen molar-refractivity contribution in [2.75, 3.05) is 26.7 Å². The van der Waals surface area contributed by atoms with Crippen molar-refractivity contribution in [3.63, 3.8) is 0 Å². The van der Waals surface area contributed by atoms with Gasteiger partial charge in [-0.25, -0.2) is 4.79 Å². The number of hydrogen-bond donors (Lipinski definition) is 1. The van der Waals surface area contributed by atoms with E-state index in [0.29, 0.717) is 25.6 Å². The number of amides is 1. The van der Waals surface area contributed by atoms with Crippen LogP contribution in [0.2, 0.25) is 0 Å². The Morgan fingerprint density at radius 3 is 2.48 bits per heavy atom. The maximum Gasteiger partial charge on any atom is 0.331 e. The van der Waals surface area contributed by atoms with E-state index >= 15 is 0 Å². The number of rotatable bonds is 6. The molecule has 1 N–H and O–H groups in total. The summed E-state index contributed by atoms with van der Waals surface area (Å²) >= 11 is 0. The minimum absolute atomic E-state index is 0.172. The molecule has 7 nitrogen and oxygen atoms in total. The van der Waals surface area contributed by atoms with Gasteiger partial charge in [0.1, 0.15) is 6.54 Å². The van der Waals surface area contributed by atoms with Gasteiger partial charge < -0.3 is 10.2 Å². The van der Waals surface area contributed by atoms with Crippen LogP contribution in [-0.4, -0.2) is 46.6 Å². The normalized spacial score (nSPS) is 15.1. The van der Waals surface area contributed by atoms with Gasteiger partial charge in [0.15, 0.2) is 0 Å². The predicted molar refractivity (Wildman–Crippen MR) is 104 cm³/mol. The van der Waals surface area contributed by atoms with Crippen LogP contribution in [-0.2, 0) is 17.9 Å². The van der Waals surface area contributed by atoms with Gasteiger partial charge in [0.25, 0.3) is 5.56 Å². The molecule has 1 fully saturated rings. The highest BCUT2D eigenvalue weighted by atomic mass is 16.2. The fourth-order valence-corrected chi connectivity index (χ4v) is 3.51. The molecule has 0 spiro atoms. The molecular weight excluding hydrogens is 344 g/mol. The molecule has 144 valence electrons. The molecule has 1 aliphatic heterocycles. The first-order valence-corrected chi connectivity index (χ1v) is 9.35. The highest BCUT2D eigenvalue weighted by Crippen LogP contribution is 2.16. The van der Waals surface area contributed by atoms with Crippen molar-refractivity contribution in [3.8, 4) is 0 Å². The fraction of sp³-hybridized carbons (Fsp3) is 0.450. The summed E-state index contributed by atoms with van der Waals surface area (Å²) in [7, 11) is 1.93. The van der Waals surface area contributed by atoms with Crippen LogP contribution in [0.3, 0.4) is 0 Å². The number of nitrogens with zero attached hydrogens (tertiary/aromatic N) is 3. The second-order valence-corrected chi connectivity index (χ2v) is 7.02. The molecule has 0 radical (unpaired) electrons. The van der Waals surface area contributed by atoms with Crippen molar-refractivity contribution in [2.24, 2.45) is 5.92 Å². The number of piperidine rings is 1. The van der Waals surface area contributed by atoms with Crippen molar-refractivity contribution in [2.45, 2.75) is 25.9 Å². The molecule has 27 heavy (non-hydrogen) atoms. The van der Waals surface area contributed by atoms with E-state index in [9.17, 15) is 14.4 Å². The van der Waals surface area contributed by atoms with Gasteiger partial charge in [0.2, 0.25) is 5.91 Å². The third-order valence-electron chi connectivity index (χ3n) is 5.09. The fourth-order valence-electron chi connectivity index (χ4n) is 3.51. The highest BCUT2D eigenvalue weighted by Gasteiger charge is 2.23. The highest BCUT2D eigenvalue weighted by molar-refractivity contribution is 5.76. The second kappa shape index (κ2) is 8.81. The molecule has 0 unspecified atom stereocenters. The minimum atomic E-state index is -0.454. The molecule has 0 aliphatic carbocycles. The first kappa shape index (κ1) is 19.1. The van der Waals surface area contributed by atoms with E-state index in [-0.39, 0.29) is 12.5 Å². The lowest BCUT2D eigenvalue weighted by Gasteiger charge is -2.32. The van der Waals surface area contributed by atoms with Gasteiger partial charge in [0.05, 0.1) is 6.54 Å². The number of benzene rings is 1. The Kier molecular flexibility index (Phi) is 6.24. The van der Waals surface area contributed by atoms with Gasteiger partial charge in [0, 0.05) is 25.4 Å². The van der Waals surface area contributed by atoms with Crippen LogP contribution in [0, 0.1) is 5.92 Å². The monoisotopic (exact) mass is 370 g/mol. The topological polar surface area (TPSA) is 76.3 Å². The number of aromatic nitrogens is 2. The van der Waals surface area contributed by atoms with E-state index in [2.05, 4.69) is 5.32 Å². The largest absolute Gasteiger partial charge is 0.341 e. The Labute approximate surface area is 158 Å². The summed E-state index contributed by atoms with van der Waals surface area (Å²) in [5, 5.41) is 3.17. The summed E-state index contributed by atoms with van der Waals surface area (Å²) < 4.78 is 2.49. The molecular formula is C20H26N4O3. The maximum absolute atomic E-state index is 12.7. The van der Waals surface area contributed by atoms with E-state index < -0.39 is 11.2 Å². The van der Waals surface area contributed by atoms with Crippen LogP contribution >= 0.6 is 0 Å². The van der Waals surface area contributed by atoms with Crippen LogP contribution in [0.1, 0.15) is 18.4 Å². The molecule has 0 atom stereocenters. The van der Waals surface area contributed by atoms with Gasteiger partial charge in [-0.15, -0.1) is 0 Å². The van der Waals surface area contributed by atoms with Gasteiger partial charge in [-0.2, -0.15) is 0 Å². The van der Waals surface area contributed by atoms with E-state index in [0.717, 1.165) is 29.5 Å². The summed E-state index contributed by atoms with van der Waals surface area (Å²) in [5.74, 6) is 0.399. The number of likely N-dealkylation sites (tertiary alicyclic amines) is 1. The van der Waals surface area contributed by atoms with Crippen LogP contribution < -0.4 is 16.6 Å². The van der Waals surface area contributed by atoms with Crippen LogP contribution in [0.25, 0.3) is 0 Å². The molecule has 1 saturated heterocycles. The van der Waals surface area contributed by atoms with Gasteiger partial charge in [-0.1, -0.05) is 30.3 Å². The molecule has 1 aromatic carbocycles. The second-order valence-electron chi connectivity index (χ2n) is 7.02. The molecule has 7 heteroatoms. The van der Waals surface area contributed by atoms with E-state index in [1.165, 1.54) is 16.8 Å². The lowest BCUT2D eigenvalue weighted by molar-refractivity contribution is -0.133. The number of carbonyl (C=O) groups excluding carboxylic acids is 1. The number of hydrogen-bond acceptors (Lipinski definition) is 4. The number of nitrogens with one attached hydrogen (secondary N) is 1. The third-order valence-corrected chi connectivity index (χ3v) is 5.09. The molecule has 0 saturated carbocycles. The number of carbonyl (C=O) groups is 1. The summed E-state index contributed by atoms with van der Waals surface area (Å²) in [6.45, 7) is 2.45. The van der Waals surface area contributed by atoms with Crippen molar-refractivity contribution in [3.05, 3.63) is 69.0 Å². The van der Waals surface area contributed by atoms with Crippen LogP contribution in [0.15, 0.2) is 52.2 Å². The molecule has 1 amide bonds. The SMILES string of the molecule is CNCC1CCN(C(=O)Cn2c(=O)ccn(Cc3ccccc3)c2=O)CC1. The van der Waals surface area contributed by atoms with E-state index in [4.69, 9.17) is 0 Å². The minimum Gasteiger partial charge on any atom is -0.341 e. The van der Waals surface area contributed by atoms with E-state index in [1.54, 1.807) is 4.90 Å². The van der Waals surface area contributed by atoms with Gasteiger partial charge >= 0.3 is 5.69 Å². The Balaban J connectivity index is 1.71. The first-order chi connectivity index (χ1) is 13.1. The smallest absolute Gasteiger partial charge is 0.331 e. The molecule has 1 aromatic heterocycles. The first-order valence-electron chi connectivity index (χ1n) is 9.35.